The molecular weight excluding hydrogens is 228 g/mol. The minimum atomic E-state index is -0.438. The Balaban J connectivity index is 2.55. The van der Waals surface area contributed by atoms with E-state index in [0.717, 1.165) is 18.7 Å². The molecule has 0 aliphatic heterocycles. The molecule has 0 saturated carbocycles. The van der Waals surface area contributed by atoms with Crippen molar-refractivity contribution < 1.29 is 9.53 Å². The monoisotopic (exact) mass is 250 g/mol. The van der Waals surface area contributed by atoms with Gasteiger partial charge >= 0.3 is 0 Å². The van der Waals surface area contributed by atoms with Gasteiger partial charge in [-0.05, 0) is 50.1 Å². The number of aryl methyl sites for hydroxylation is 2. The molecule has 0 fully saturated rings. The van der Waals surface area contributed by atoms with E-state index < -0.39 is 6.04 Å². The van der Waals surface area contributed by atoms with Crippen LogP contribution in [-0.2, 0) is 4.79 Å². The van der Waals surface area contributed by atoms with Crippen molar-refractivity contribution in [3.63, 3.8) is 0 Å². The van der Waals surface area contributed by atoms with Crippen molar-refractivity contribution >= 4 is 5.91 Å². The largest absolute Gasteiger partial charge is 0.491 e. The average Bonchev–Trinajstić information content (AvgIpc) is 2.33. The normalized spacial score (nSPS) is 12.2. The predicted molar refractivity (Wildman–Crippen MR) is 72.7 cm³/mol. The summed E-state index contributed by atoms with van der Waals surface area (Å²) in [7, 11) is 0. The van der Waals surface area contributed by atoms with E-state index in [1.807, 2.05) is 39.0 Å². The highest BCUT2D eigenvalue weighted by atomic mass is 16.5. The number of hydrogen-bond donors (Lipinski definition) is 2. The molecule has 4 heteroatoms. The van der Waals surface area contributed by atoms with Gasteiger partial charge in [0.05, 0.1) is 0 Å². The van der Waals surface area contributed by atoms with Crippen molar-refractivity contribution in [2.75, 3.05) is 13.2 Å². The molecule has 0 saturated heterocycles. The first-order valence-electron chi connectivity index (χ1n) is 6.27. The standard InChI is InChI=1S/C14H22N2O2/c1-4-7-16-13(14(15)17)9-18-12-6-5-10(2)11(3)8-12/h5-6,8,13,16H,4,7,9H2,1-3H3,(H2,15,17). The Labute approximate surface area is 109 Å². The van der Waals surface area contributed by atoms with Crippen LogP contribution in [0.5, 0.6) is 5.75 Å². The summed E-state index contributed by atoms with van der Waals surface area (Å²) in [4.78, 5) is 11.2. The van der Waals surface area contributed by atoms with Crippen molar-refractivity contribution in [2.45, 2.75) is 33.2 Å². The van der Waals surface area contributed by atoms with Crippen LogP contribution in [-0.4, -0.2) is 25.1 Å². The molecule has 0 heterocycles. The first-order valence-corrected chi connectivity index (χ1v) is 6.27. The summed E-state index contributed by atoms with van der Waals surface area (Å²) in [6.45, 7) is 7.13. The molecule has 18 heavy (non-hydrogen) atoms. The number of nitrogens with two attached hydrogens (primary N) is 1. The lowest BCUT2D eigenvalue weighted by molar-refractivity contribution is -0.120. The van der Waals surface area contributed by atoms with Gasteiger partial charge in [0.1, 0.15) is 18.4 Å². The van der Waals surface area contributed by atoms with Gasteiger partial charge in [-0.1, -0.05) is 13.0 Å². The highest BCUT2D eigenvalue weighted by Gasteiger charge is 2.14. The molecule has 0 aromatic heterocycles. The van der Waals surface area contributed by atoms with Crippen LogP contribution in [0.3, 0.4) is 0 Å². The van der Waals surface area contributed by atoms with Gasteiger partial charge in [-0.3, -0.25) is 4.79 Å². The number of ether oxygens (including phenoxy) is 1. The Morgan fingerprint density at radius 2 is 2.11 bits per heavy atom. The summed E-state index contributed by atoms with van der Waals surface area (Å²) in [5.41, 5.74) is 7.71. The van der Waals surface area contributed by atoms with Gasteiger partial charge in [0, 0.05) is 0 Å². The molecule has 1 rings (SSSR count). The maximum absolute atomic E-state index is 11.2. The summed E-state index contributed by atoms with van der Waals surface area (Å²) in [5.74, 6) is 0.384. The fraction of sp³-hybridized carbons (Fsp3) is 0.500. The Morgan fingerprint density at radius 1 is 1.39 bits per heavy atom. The zero-order chi connectivity index (χ0) is 13.5. The van der Waals surface area contributed by atoms with Gasteiger partial charge in [0.15, 0.2) is 0 Å². The number of hydrogen-bond acceptors (Lipinski definition) is 3. The second-order valence-corrected chi connectivity index (χ2v) is 4.47. The van der Waals surface area contributed by atoms with Crippen LogP contribution in [0.2, 0.25) is 0 Å². The van der Waals surface area contributed by atoms with E-state index in [-0.39, 0.29) is 12.5 Å². The Kier molecular flexibility index (Phi) is 5.65. The van der Waals surface area contributed by atoms with Gasteiger partial charge in [0.25, 0.3) is 0 Å². The fourth-order valence-corrected chi connectivity index (χ4v) is 1.54. The molecule has 0 aliphatic carbocycles. The Hall–Kier alpha value is -1.55. The van der Waals surface area contributed by atoms with Crippen LogP contribution in [0.1, 0.15) is 24.5 Å². The van der Waals surface area contributed by atoms with Crippen LogP contribution in [0.15, 0.2) is 18.2 Å². The minimum absolute atomic E-state index is 0.262. The fourth-order valence-electron chi connectivity index (χ4n) is 1.54. The molecule has 0 aliphatic rings. The van der Waals surface area contributed by atoms with Gasteiger partial charge in [-0.15, -0.1) is 0 Å². The topological polar surface area (TPSA) is 64.3 Å². The lowest BCUT2D eigenvalue weighted by Gasteiger charge is -2.16. The Bertz CT molecular complexity index is 405. The van der Waals surface area contributed by atoms with Gasteiger partial charge in [-0.25, -0.2) is 0 Å². The summed E-state index contributed by atoms with van der Waals surface area (Å²) in [6, 6.07) is 5.43. The minimum Gasteiger partial charge on any atom is -0.491 e. The average molecular weight is 250 g/mol. The SMILES string of the molecule is CCCNC(COc1ccc(C)c(C)c1)C(N)=O. The highest BCUT2D eigenvalue weighted by Crippen LogP contribution is 2.16. The third-order valence-corrected chi connectivity index (χ3v) is 2.88. The van der Waals surface area contributed by atoms with E-state index in [1.165, 1.54) is 11.1 Å². The number of rotatable bonds is 7. The molecule has 1 unspecified atom stereocenters. The first kappa shape index (κ1) is 14.5. The summed E-state index contributed by atoms with van der Waals surface area (Å²) < 4.78 is 5.60. The molecule has 0 spiro atoms. The number of nitrogens with one attached hydrogen (secondary N) is 1. The third kappa shape index (κ3) is 4.37. The molecular formula is C14H22N2O2. The molecule has 1 aromatic rings. The maximum Gasteiger partial charge on any atom is 0.238 e. The van der Waals surface area contributed by atoms with Crippen LogP contribution in [0.25, 0.3) is 0 Å². The number of amides is 1. The number of carbonyl (C=O) groups excluding carboxylic acids is 1. The molecule has 1 atom stereocenters. The molecule has 4 nitrogen and oxygen atoms in total. The molecule has 1 amide bonds. The lowest BCUT2D eigenvalue weighted by Crippen LogP contribution is -2.45. The number of primary amides is 1. The van der Waals surface area contributed by atoms with E-state index in [1.54, 1.807) is 0 Å². The van der Waals surface area contributed by atoms with E-state index in [0.29, 0.717) is 0 Å². The van der Waals surface area contributed by atoms with E-state index in [4.69, 9.17) is 10.5 Å². The molecule has 100 valence electrons. The van der Waals surface area contributed by atoms with Gasteiger partial charge in [-0.2, -0.15) is 0 Å². The summed E-state index contributed by atoms with van der Waals surface area (Å²) in [5, 5.41) is 3.07. The second kappa shape index (κ2) is 7.01. The highest BCUT2D eigenvalue weighted by molar-refractivity contribution is 5.80. The van der Waals surface area contributed by atoms with Crippen LogP contribution in [0, 0.1) is 13.8 Å². The summed E-state index contributed by atoms with van der Waals surface area (Å²) in [6.07, 6.45) is 0.952. The van der Waals surface area contributed by atoms with Gasteiger partial charge in [0.2, 0.25) is 5.91 Å². The zero-order valence-corrected chi connectivity index (χ0v) is 11.3. The molecule has 0 radical (unpaired) electrons. The molecule has 1 aromatic carbocycles. The maximum atomic E-state index is 11.2. The van der Waals surface area contributed by atoms with Crippen molar-refractivity contribution in [3.05, 3.63) is 29.3 Å². The Morgan fingerprint density at radius 3 is 2.67 bits per heavy atom. The number of carbonyl (C=O) groups is 1. The second-order valence-electron chi connectivity index (χ2n) is 4.47. The van der Waals surface area contributed by atoms with Crippen LogP contribution < -0.4 is 15.8 Å². The summed E-state index contributed by atoms with van der Waals surface area (Å²) >= 11 is 0. The van der Waals surface area contributed by atoms with Crippen molar-refractivity contribution in [1.82, 2.24) is 5.32 Å². The predicted octanol–water partition coefficient (Wildman–Crippen LogP) is 1.54. The molecule has 3 N–H and O–H groups in total. The van der Waals surface area contributed by atoms with Gasteiger partial charge < -0.3 is 15.8 Å². The lowest BCUT2D eigenvalue weighted by atomic mass is 10.1. The van der Waals surface area contributed by atoms with E-state index >= 15 is 0 Å². The molecule has 0 bridgehead atoms. The van der Waals surface area contributed by atoms with Crippen molar-refractivity contribution in [2.24, 2.45) is 5.73 Å². The third-order valence-electron chi connectivity index (χ3n) is 2.88. The first-order chi connectivity index (χ1) is 8.54. The van der Waals surface area contributed by atoms with Crippen molar-refractivity contribution in [1.29, 1.82) is 0 Å². The quantitative estimate of drug-likeness (QED) is 0.771. The van der Waals surface area contributed by atoms with Crippen molar-refractivity contribution in [3.8, 4) is 5.75 Å². The van der Waals surface area contributed by atoms with Crippen LogP contribution >= 0.6 is 0 Å². The van der Waals surface area contributed by atoms with E-state index in [2.05, 4.69) is 5.32 Å². The smallest absolute Gasteiger partial charge is 0.238 e. The van der Waals surface area contributed by atoms with Crippen LogP contribution in [0.4, 0.5) is 0 Å². The van der Waals surface area contributed by atoms with E-state index in [9.17, 15) is 4.79 Å². The zero-order valence-electron chi connectivity index (χ0n) is 11.3. The number of benzene rings is 1.